The summed E-state index contributed by atoms with van der Waals surface area (Å²) in [6.07, 6.45) is 3.64. The second kappa shape index (κ2) is 12.3. The predicted octanol–water partition coefficient (Wildman–Crippen LogP) is 5.91. The van der Waals surface area contributed by atoms with E-state index in [4.69, 9.17) is 9.47 Å². The normalized spacial score (nSPS) is 11.4. The first kappa shape index (κ1) is 23.0. The van der Waals surface area contributed by atoms with Gasteiger partial charge in [0, 0.05) is 0 Å². The predicted molar refractivity (Wildman–Crippen MR) is 125 cm³/mol. The van der Waals surface area contributed by atoms with E-state index in [0.717, 1.165) is 16.7 Å². The zero-order valence-electron chi connectivity index (χ0n) is 18.1. The largest absolute Gasteiger partial charge is 0.461 e. The highest BCUT2D eigenvalue weighted by Crippen LogP contribution is 2.19. The van der Waals surface area contributed by atoms with Crippen LogP contribution in [0.4, 0.5) is 0 Å². The molecule has 3 aromatic carbocycles. The molecule has 0 saturated carbocycles. The van der Waals surface area contributed by atoms with Gasteiger partial charge in [0.05, 0.1) is 11.5 Å². The van der Waals surface area contributed by atoms with Crippen molar-refractivity contribution in [2.75, 3.05) is 0 Å². The molecule has 0 heterocycles. The van der Waals surface area contributed by atoms with Gasteiger partial charge in [-0.15, -0.1) is 6.58 Å². The Morgan fingerprint density at radius 3 is 2.00 bits per heavy atom. The Hall–Kier alpha value is -3.66. The molecule has 0 spiro atoms. The van der Waals surface area contributed by atoms with E-state index < -0.39 is 0 Å². The second-order valence-corrected chi connectivity index (χ2v) is 7.62. The molecule has 3 rings (SSSR count). The number of allylic oxidation sites excluding steroid dienone is 1. The lowest BCUT2D eigenvalue weighted by Gasteiger charge is -2.16. The molecule has 0 aliphatic carbocycles. The highest BCUT2D eigenvalue weighted by atomic mass is 16.5. The Morgan fingerprint density at radius 2 is 1.38 bits per heavy atom. The minimum Gasteiger partial charge on any atom is -0.461 e. The van der Waals surface area contributed by atoms with Crippen LogP contribution in [0.15, 0.2) is 97.6 Å². The lowest BCUT2D eigenvalue weighted by Crippen LogP contribution is -2.20. The number of benzene rings is 3. The van der Waals surface area contributed by atoms with Crippen molar-refractivity contribution >= 4 is 11.9 Å². The van der Waals surface area contributed by atoms with Gasteiger partial charge in [0.2, 0.25) is 0 Å². The highest BCUT2D eigenvalue weighted by Gasteiger charge is 2.21. The van der Waals surface area contributed by atoms with E-state index in [2.05, 4.69) is 6.58 Å². The van der Waals surface area contributed by atoms with Gasteiger partial charge in [-0.1, -0.05) is 78.9 Å². The number of carbonyl (C=O) groups excluding carboxylic acids is 2. The van der Waals surface area contributed by atoms with Gasteiger partial charge >= 0.3 is 11.9 Å². The maximum absolute atomic E-state index is 12.8. The van der Waals surface area contributed by atoms with E-state index in [9.17, 15) is 9.59 Å². The van der Waals surface area contributed by atoms with Gasteiger partial charge in [-0.25, -0.2) is 4.79 Å². The van der Waals surface area contributed by atoms with Gasteiger partial charge in [-0.3, -0.25) is 4.79 Å². The SMILES string of the molecule is C=CCCC(Cc1cccc(C(=O)OCc2ccccc2)c1)C(=O)OCc1ccccc1. The molecule has 1 atom stereocenters. The maximum atomic E-state index is 12.8. The third kappa shape index (κ3) is 7.24. The Labute approximate surface area is 189 Å². The first-order chi connectivity index (χ1) is 15.7. The number of ether oxygens (including phenoxy) is 2. The molecular weight excluding hydrogens is 400 g/mol. The van der Waals surface area contributed by atoms with Crippen LogP contribution >= 0.6 is 0 Å². The van der Waals surface area contributed by atoms with Crippen molar-refractivity contribution in [1.82, 2.24) is 0 Å². The summed E-state index contributed by atoms with van der Waals surface area (Å²) >= 11 is 0. The number of esters is 2. The number of rotatable bonds is 11. The van der Waals surface area contributed by atoms with Gasteiger partial charge in [0.1, 0.15) is 13.2 Å². The van der Waals surface area contributed by atoms with Crippen molar-refractivity contribution in [1.29, 1.82) is 0 Å². The standard InChI is InChI=1S/C28H28O4/c1-2-3-16-25(27(29)31-20-22-11-6-4-7-12-22)18-24-15-10-17-26(19-24)28(30)32-21-23-13-8-5-9-14-23/h2,4-15,17,19,25H,1,3,16,18,20-21H2. The van der Waals surface area contributed by atoms with Crippen LogP contribution in [0.3, 0.4) is 0 Å². The van der Waals surface area contributed by atoms with Crippen molar-refractivity contribution in [3.8, 4) is 0 Å². The molecule has 32 heavy (non-hydrogen) atoms. The summed E-state index contributed by atoms with van der Waals surface area (Å²) in [6, 6.07) is 26.4. The van der Waals surface area contributed by atoms with Gasteiger partial charge in [0.15, 0.2) is 0 Å². The molecule has 0 aliphatic rings. The van der Waals surface area contributed by atoms with Crippen molar-refractivity contribution in [3.05, 3.63) is 120 Å². The summed E-state index contributed by atoms with van der Waals surface area (Å²) in [5, 5.41) is 0. The molecule has 0 radical (unpaired) electrons. The van der Waals surface area contributed by atoms with Crippen LogP contribution in [0.25, 0.3) is 0 Å². The minimum atomic E-state index is -0.384. The maximum Gasteiger partial charge on any atom is 0.338 e. The monoisotopic (exact) mass is 428 g/mol. The number of hydrogen-bond donors (Lipinski definition) is 0. The third-order valence-electron chi connectivity index (χ3n) is 5.13. The van der Waals surface area contributed by atoms with Crippen LogP contribution in [-0.2, 0) is 33.9 Å². The van der Waals surface area contributed by atoms with E-state index in [1.807, 2.05) is 72.8 Å². The Bertz CT molecular complexity index is 1010. The average Bonchev–Trinajstić information content (AvgIpc) is 2.85. The Kier molecular flexibility index (Phi) is 8.81. The molecule has 1 unspecified atom stereocenters. The Balaban J connectivity index is 1.61. The fourth-order valence-corrected chi connectivity index (χ4v) is 3.39. The Morgan fingerprint density at radius 1 is 0.781 bits per heavy atom. The summed E-state index contributed by atoms with van der Waals surface area (Å²) in [4.78, 5) is 25.3. The van der Waals surface area contributed by atoms with E-state index in [-0.39, 0.29) is 31.1 Å². The van der Waals surface area contributed by atoms with Crippen molar-refractivity contribution < 1.29 is 19.1 Å². The molecule has 164 valence electrons. The van der Waals surface area contributed by atoms with Gasteiger partial charge < -0.3 is 9.47 Å². The number of hydrogen-bond acceptors (Lipinski definition) is 4. The summed E-state index contributed by atoms with van der Waals surface area (Å²) in [7, 11) is 0. The van der Waals surface area contributed by atoms with E-state index in [1.54, 1.807) is 18.2 Å². The molecular formula is C28H28O4. The van der Waals surface area contributed by atoms with Gasteiger partial charge in [0.25, 0.3) is 0 Å². The van der Waals surface area contributed by atoms with E-state index in [0.29, 0.717) is 24.8 Å². The van der Waals surface area contributed by atoms with E-state index >= 15 is 0 Å². The molecule has 4 heteroatoms. The van der Waals surface area contributed by atoms with Crippen LogP contribution in [0.5, 0.6) is 0 Å². The van der Waals surface area contributed by atoms with Crippen LogP contribution < -0.4 is 0 Å². The number of carbonyl (C=O) groups is 2. The van der Waals surface area contributed by atoms with Crippen LogP contribution in [0.2, 0.25) is 0 Å². The smallest absolute Gasteiger partial charge is 0.338 e. The molecule has 4 nitrogen and oxygen atoms in total. The quantitative estimate of drug-likeness (QED) is 0.281. The molecule has 0 N–H and O–H groups in total. The zero-order chi connectivity index (χ0) is 22.6. The lowest BCUT2D eigenvalue weighted by molar-refractivity contribution is -0.150. The van der Waals surface area contributed by atoms with Crippen molar-refractivity contribution in [3.63, 3.8) is 0 Å². The fourth-order valence-electron chi connectivity index (χ4n) is 3.39. The first-order valence-corrected chi connectivity index (χ1v) is 10.8. The highest BCUT2D eigenvalue weighted by molar-refractivity contribution is 5.89. The summed E-state index contributed by atoms with van der Waals surface area (Å²) in [5.41, 5.74) is 3.25. The molecule has 0 bridgehead atoms. The van der Waals surface area contributed by atoms with Crippen molar-refractivity contribution in [2.45, 2.75) is 32.5 Å². The van der Waals surface area contributed by atoms with E-state index in [1.165, 1.54) is 0 Å². The second-order valence-electron chi connectivity index (χ2n) is 7.62. The molecule has 0 aromatic heterocycles. The molecule has 3 aromatic rings. The van der Waals surface area contributed by atoms with Gasteiger partial charge in [-0.2, -0.15) is 0 Å². The van der Waals surface area contributed by atoms with Crippen LogP contribution in [-0.4, -0.2) is 11.9 Å². The van der Waals surface area contributed by atoms with Gasteiger partial charge in [-0.05, 0) is 48.1 Å². The minimum absolute atomic E-state index is 0.220. The first-order valence-electron chi connectivity index (χ1n) is 10.8. The van der Waals surface area contributed by atoms with Crippen LogP contribution in [0, 0.1) is 5.92 Å². The molecule has 0 amide bonds. The molecule has 0 aliphatic heterocycles. The van der Waals surface area contributed by atoms with Crippen molar-refractivity contribution in [2.24, 2.45) is 5.92 Å². The molecule has 0 saturated heterocycles. The summed E-state index contributed by atoms with van der Waals surface area (Å²) < 4.78 is 11.0. The third-order valence-corrected chi connectivity index (χ3v) is 5.13. The molecule has 0 fully saturated rings. The lowest BCUT2D eigenvalue weighted by atomic mass is 9.94. The summed E-state index contributed by atoms with van der Waals surface area (Å²) in [5.74, 6) is -0.940. The zero-order valence-corrected chi connectivity index (χ0v) is 18.1. The average molecular weight is 429 g/mol. The fraction of sp³-hybridized carbons (Fsp3) is 0.214. The van der Waals surface area contributed by atoms with Crippen LogP contribution in [0.1, 0.15) is 39.9 Å². The topological polar surface area (TPSA) is 52.6 Å². The summed E-state index contributed by atoms with van der Waals surface area (Å²) in [6.45, 7) is 4.23.